The first-order valence-electron chi connectivity index (χ1n) is 11.3. The molecular formula is C23H33N3O5S2. The fourth-order valence-electron chi connectivity index (χ4n) is 4.10. The van der Waals surface area contributed by atoms with Gasteiger partial charge >= 0.3 is 6.09 Å². The number of carbonyl (C=O) groups excluding carboxylic acids is 2. The van der Waals surface area contributed by atoms with Gasteiger partial charge in [-0.2, -0.15) is 4.99 Å². The highest BCUT2D eigenvalue weighted by Crippen LogP contribution is 2.43. The van der Waals surface area contributed by atoms with Crippen molar-refractivity contribution >= 4 is 44.5 Å². The van der Waals surface area contributed by atoms with Crippen molar-refractivity contribution in [3.05, 3.63) is 29.3 Å². The number of alkyl carbamates (subject to hydrolysis) is 1. The Morgan fingerprint density at radius 3 is 2.39 bits per heavy atom. The summed E-state index contributed by atoms with van der Waals surface area (Å²) in [5.74, 6) is -0.227. The van der Waals surface area contributed by atoms with Crippen LogP contribution in [0.2, 0.25) is 0 Å². The van der Waals surface area contributed by atoms with Crippen LogP contribution in [0.25, 0.3) is 0 Å². The highest BCUT2D eigenvalue weighted by Gasteiger charge is 2.50. The van der Waals surface area contributed by atoms with E-state index in [1.165, 1.54) is 11.8 Å². The summed E-state index contributed by atoms with van der Waals surface area (Å²) < 4.78 is 29.9. The van der Waals surface area contributed by atoms with E-state index in [1.807, 2.05) is 23.1 Å². The zero-order valence-corrected chi connectivity index (χ0v) is 21.5. The Bertz CT molecular complexity index is 1020. The van der Waals surface area contributed by atoms with Crippen LogP contribution in [0.15, 0.2) is 23.2 Å². The second-order valence-electron chi connectivity index (χ2n) is 9.27. The molecule has 2 aliphatic heterocycles. The molecule has 33 heavy (non-hydrogen) atoms. The van der Waals surface area contributed by atoms with Crippen molar-refractivity contribution in [3.8, 4) is 0 Å². The highest BCUT2D eigenvalue weighted by atomic mass is 32.2. The number of ether oxygens (including phenoxy) is 1. The molecule has 2 heterocycles. The Kier molecular flexibility index (Phi) is 7.78. The van der Waals surface area contributed by atoms with Gasteiger partial charge in [-0.3, -0.25) is 4.79 Å². The first kappa shape index (κ1) is 25.6. The van der Waals surface area contributed by atoms with Crippen LogP contribution in [0, 0.1) is 0 Å². The highest BCUT2D eigenvalue weighted by molar-refractivity contribution is 8.16. The summed E-state index contributed by atoms with van der Waals surface area (Å²) in [5.41, 5.74) is 2.56. The first-order chi connectivity index (χ1) is 15.4. The third-order valence-electron chi connectivity index (χ3n) is 5.50. The lowest BCUT2D eigenvalue weighted by Gasteiger charge is -2.29. The molecule has 0 spiro atoms. The minimum Gasteiger partial charge on any atom is -0.444 e. The molecule has 8 nitrogen and oxygen atoms in total. The van der Waals surface area contributed by atoms with Crippen molar-refractivity contribution in [2.75, 3.05) is 23.0 Å². The number of aliphatic imine (C=N–C) groups is 1. The van der Waals surface area contributed by atoms with Gasteiger partial charge in [-0.15, -0.1) is 0 Å². The predicted octanol–water partition coefficient (Wildman–Crippen LogP) is 3.33. The average Bonchev–Trinajstić information content (AvgIpc) is 3.16. The van der Waals surface area contributed by atoms with E-state index >= 15 is 0 Å². The van der Waals surface area contributed by atoms with Gasteiger partial charge in [0.1, 0.15) is 5.60 Å². The van der Waals surface area contributed by atoms with E-state index in [1.54, 1.807) is 20.8 Å². The van der Waals surface area contributed by atoms with Gasteiger partial charge in [0.2, 0.25) is 5.91 Å². The van der Waals surface area contributed by atoms with Crippen molar-refractivity contribution < 1.29 is 22.7 Å². The standard InChI is InChI=1S/C23H33N3O5S2/c1-6-15-9-8-10-16(7-2)20(15)26-17-13-33(29,30)14-18(17)32-21(26)25-19(27)11-12-24-22(28)31-23(3,4)5/h8-10,17-18H,6-7,11-14H2,1-5H3,(H,24,28)/t17-,18-/m1/s1. The van der Waals surface area contributed by atoms with Gasteiger partial charge < -0.3 is 15.0 Å². The van der Waals surface area contributed by atoms with Gasteiger partial charge in [0.15, 0.2) is 15.0 Å². The number of fused-ring (bicyclic) bond motifs is 1. The number of anilines is 1. The number of nitrogens with zero attached hydrogens (tertiary/aromatic N) is 2. The summed E-state index contributed by atoms with van der Waals surface area (Å²) in [6.45, 7) is 9.55. The fourth-order valence-corrected chi connectivity index (χ4v) is 8.02. The van der Waals surface area contributed by atoms with E-state index in [9.17, 15) is 18.0 Å². The van der Waals surface area contributed by atoms with Crippen LogP contribution in [-0.4, -0.2) is 60.5 Å². The average molecular weight is 496 g/mol. The maximum atomic E-state index is 12.7. The lowest BCUT2D eigenvalue weighted by atomic mass is 10.0. The number of amides is 2. The summed E-state index contributed by atoms with van der Waals surface area (Å²) in [6.07, 6.45) is 1.02. The van der Waals surface area contributed by atoms with Crippen molar-refractivity contribution in [2.45, 2.75) is 70.8 Å². The van der Waals surface area contributed by atoms with E-state index < -0.39 is 21.5 Å². The van der Waals surface area contributed by atoms with Crippen LogP contribution in [0.1, 0.15) is 52.2 Å². The summed E-state index contributed by atoms with van der Waals surface area (Å²) in [7, 11) is -3.14. The van der Waals surface area contributed by atoms with Crippen LogP contribution >= 0.6 is 11.8 Å². The molecule has 2 amide bonds. The molecule has 10 heteroatoms. The second kappa shape index (κ2) is 10.0. The quantitative estimate of drug-likeness (QED) is 0.645. The number of amidine groups is 1. The summed E-state index contributed by atoms with van der Waals surface area (Å²) in [4.78, 5) is 30.8. The largest absolute Gasteiger partial charge is 0.444 e. The molecule has 182 valence electrons. The molecule has 0 bridgehead atoms. The molecule has 0 unspecified atom stereocenters. The predicted molar refractivity (Wildman–Crippen MR) is 133 cm³/mol. The number of sulfone groups is 1. The molecule has 2 atom stereocenters. The number of benzene rings is 1. The molecule has 2 saturated heterocycles. The van der Waals surface area contributed by atoms with Crippen LogP contribution in [0.5, 0.6) is 0 Å². The molecule has 0 aromatic heterocycles. The summed E-state index contributed by atoms with van der Waals surface area (Å²) >= 11 is 1.36. The zero-order chi connectivity index (χ0) is 24.4. The van der Waals surface area contributed by atoms with Gasteiger partial charge in [-0.05, 0) is 44.7 Å². The van der Waals surface area contributed by atoms with Crippen molar-refractivity contribution in [1.82, 2.24) is 5.32 Å². The minimum absolute atomic E-state index is 0.0286. The van der Waals surface area contributed by atoms with Gasteiger partial charge in [0.05, 0.1) is 17.5 Å². The van der Waals surface area contributed by atoms with E-state index in [-0.39, 0.29) is 41.7 Å². The third-order valence-corrected chi connectivity index (χ3v) is 8.71. The number of nitrogens with one attached hydrogen (secondary N) is 1. The molecule has 1 aromatic carbocycles. The number of carbonyl (C=O) groups is 2. The van der Waals surface area contributed by atoms with Gasteiger partial charge in [-0.1, -0.05) is 43.8 Å². The number of rotatable bonds is 6. The van der Waals surface area contributed by atoms with E-state index in [0.717, 1.165) is 29.7 Å². The van der Waals surface area contributed by atoms with E-state index in [0.29, 0.717) is 5.17 Å². The normalized spacial score (nSPS) is 22.9. The fraction of sp³-hybridized carbons (Fsp3) is 0.609. The number of aryl methyl sites for hydroxylation is 2. The number of para-hydroxylation sites is 1. The topological polar surface area (TPSA) is 105 Å². The van der Waals surface area contributed by atoms with Crippen molar-refractivity contribution in [2.24, 2.45) is 4.99 Å². The maximum Gasteiger partial charge on any atom is 0.407 e. The minimum atomic E-state index is -3.14. The molecule has 0 saturated carbocycles. The molecule has 2 aliphatic rings. The lowest BCUT2D eigenvalue weighted by molar-refractivity contribution is -0.117. The first-order valence-corrected chi connectivity index (χ1v) is 14.0. The Hall–Kier alpha value is -2.07. The van der Waals surface area contributed by atoms with Crippen LogP contribution < -0.4 is 10.2 Å². The third kappa shape index (κ3) is 6.29. The molecule has 0 aliphatic carbocycles. The van der Waals surface area contributed by atoms with Crippen LogP contribution in [0.4, 0.5) is 10.5 Å². The van der Waals surface area contributed by atoms with Gasteiger partial charge in [0.25, 0.3) is 0 Å². The van der Waals surface area contributed by atoms with Crippen LogP contribution in [-0.2, 0) is 32.2 Å². The monoisotopic (exact) mass is 495 g/mol. The molecular weight excluding hydrogens is 462 g/mol. The number of hydrogen-bond acceptors (Lipinski definition) is 6. The smallest absolute Gasteiger partial charge is 0.407 e. The number of thioether (sulfide) groups is 1. The second-order valence-corrected chi connectivity index (χ2v) is 12.6. The Labute approximate surface area is 200 Å². The van der Waals surface area contributed by atoms with Crippen molar-refractivity contribution in [3.63, 3.8) is 0 Å². The van der Waals surface area contributed by atoms with Gasteiger partial charge in [-0.25, -0.2) is 13.2 Å². The molecule has 1 aromatic rings. The lowest BCUT2D eigenvalue weighted by Crippen LogP contribution is -2.39. The van der Waals surface area contributed by atoms with Gasteiger partial charge in [0, 0.05) is 23.9 Å². The van der Waals surface area contributed by atoms with E-state index in [4.69, 9.17) is 4.74 Å². The molecule has 2 fully saturated rings. The Morgan fingerprint density at radius 2 is 1.82 bits per heavy atom. The maximum absolute atomic E-state index is 12.7. The SMILES string of the molecule is CCc1cccc(CC)c1N1C(=NC(=O)CCNC(=O)OC(C)(C)C)S[C@@H]2CS(=O)(=O)C[C@H]21. The summed E-state index contributed by atoms with van der Waals surface area (Å²) in [6, 6.07) is 5.85. The summed E-state index contributed by atoms with van der Waals surface area (Å²) in [5, 5.41) is 2.96. The Balaban J connectivity index is 1.83. The zero-order valence-electron chi connectivity index (χ0n) is 19.9. The Morgan fingerprint density at radius 1 is 1.18 bits per heavy atom. The van der Waals surface area contributed by atoms with Crippen molar-refractivity contribution in [1.29, 1.82) is 0 Å². The van der Waals surface area contributed by atoms with E-state index in [2.05, 4.69) is 24.2 Å². The molecule has 3 rings (SSSR count). The molecule has 1 N–H and O–H groups in total. The molecule has 0 radical (unpaired) electrons. The van der Waals surface area contributed by atoms with Crippen LogP contribution in [0.3, 0.4) is 0 Å². The number of hydrogen-bond donors (Lipinski definition) is 1.